The molecule has 8 heteroatoms. The van der Waals surface area contributed by atoms with Crippen LogP contribution in [0.25, 0.3) is 0 Å². The summed E-state index contributed by atoms with van der Waals surface area (Å²) in [5, 5.41) is 17.0. The molecule has 0 aromatic carbocycles. The lowest BCUT2D eigenvalue weighted by atomic mass is 10.6. The second-order valence-corrected chi connectivity index (χ2v) is 2.28. The molecule has 1 heterocycles. The molecule has 0 unspecified atom stereocenters. The molecule has 1 aromatic heterocycles. The summed E-state index contributed by atoms with van der Waals surface area (Å²) >= 11 is 0. The number of H-pyrrole nitrogens is 2. The van der Waals surface area contributed by atoms with Crippen molar-refractivity contribution in [3.63, 3.8) is 0 Å². The van der Waals surface area contributed by atoms with Gasteiger partial charge in [0.25, 0.3) is 0 Å². The van der Waals surface area contributed by atoms with Crippen molar-refractivity contribution in [2.24, 2.45) is 0 Å². The highest BCUT2D eigenvalue weighted by Crippen LogP contribution is 1.75. The maximum absolute atomic E-state index is 10.9. The Bertz CT molecular complexity index is 418. The summed E-state index contributed by atoms with van der Waals surface area (Å²) in [4.78, 5) is 35.7. The molecule has 0 saturated carbocycles. The van der Waals surface area contributed by atoms with Crippen LogP contribution in [0.3, 0.4) is 0 Å². The summed E-state index contributed by atoms with van der Waals surface area (Å²) in [7, 11) is 0. The van der Waals surface area contributed by atoms with Gasteiger partial charge in [0.05, 0.1) is 6.54 Å². The summed E-state index contributed by atoms with van der Waals surface area (Å²) in [6, 6.07) is 0. The van der Waals surface area contributed by atoms with E-state index < -0.39 is 29.9 Å². The number of nitrogens with one attached hydrogen (secondary N) is 2. The van der Waals surface area contributed by atoms with Gasteiger partial charge in [-0.15, -0.1) is 0 Å². The Hall–Kier alpha value is -1.67. The summed E-state index contributed by atoms with van der Waals surface area (Å²) in [5.74, 6) is 0. The van der Waals surface area contributed by atoms with Crippen LogP contribution in [-0.4, -0.2) is 31.0 Å². The maximum Gasteiger partial charge on any atom is 0.333 e. The van der Waals surface area contributed by atoms with E-state index >= 15 is 0 Å². The van der Waals surface area contributed by atoms with E-state index in [1.165, 1.54) is 0 Å². The van der Waals surface area contributed by atoms with E-state index in [1.54, 1.807) is 9.97 Å². The van der Waals surface area contributed by atoms with Crippen molar-refractivity contribution < 1.29 is 10.2 Å². The lowest BCUT2D eigenvalue weighted by molar-refractivity contribution is -0.0530. The Labute approximate surface area is 70.1 Å². The fourth-order valence-corrected chi connectivity index (χ4v) is 0.782. The molecule has 4 N–H and O–H groups in total. The van der Waals surface area contributed by atoms with Gasteiger partial charge in [0, 0.05) is 0 Å². The number of rotatable bonds is 2. The minimum absolute atomic E-state index is 0.464. The summed E-state index contributed by atoms with van der Waals surface area (Å²) in [5.41, 5.74) is -2.90. The Morgan fingerprint density at radius 1 is 1.15 bits per heavy atom. The lowest BCUT2D eigenvalue weighted by Gasteiger charge is -2.03. The van der Waals surface area contributed by atoms with E-state index in [0.29, 0.717) is 4.57 Å². The van der Waals surface area contributed by atoms with Crippen LogP contribution in [-0.2, 0) is 6.54 Å². The van der Waals surface area contributed by atoms with Crippen molar-refractivity contribution >= 4 is 0 Å². The third kappa shape index (κ3) is 2.13. The molecule has 72 valence electrons. The van der Waals surface area contributed by atoms with Gasteiger partial charge in [0.1, 0.15) is 0 Å². The van der Waals surface area contributed by atoms with Crippen LogP contribution >= 0.6 is 0 Å². The number of aliphatic hydroxyl groups is 2. The van der Waals surface area contributed by atoms with Crippen LogP contribution < -0.4 is 17.1 Å². The lowest BCUT2D eigenvalue weighted by Crippen LogP contribution is -2.45. The highest BCUT2D eigenvalue weighted by atomic mass is 16.5. The Morgan fingerprint density at radius 3 is 2.00 bits per heavy atom. The second-order valence-electron chi connectivity index (χ2n) is 2.28. The second kappa shape index (κ2) is 3.37. The molecular formula is C5H7N3O5. The Morgan fingerprint density at radius 2 is 1.62 bits per heavy atom. The highest BCUT2D eigenvalue weighted by Gasteiger charge is 2.05. The fraction of sp³-hybridized carbons (Fsp3) is 0.400. The highest BCUT2D eigenvalue weighted by molar-refractivity contribution is 4.69. The molecule has 0 aliphatic heterocycles. The van der Waals surface area contributed by atoms with Gasteiger partial charge in [-0.1, -0.05) is 0 Å². The number of hydrogen-bond donors (Lipinski definition) is 4. The average Bonchev–Trinajstić information content (AvgIpc) is 1.96. The van der Waals surface area contributed by atoms with Crippen molar-refractivity contribution in [1.82, 2.24) is 14.5 Å². The van der Waals surface area contributed by atoms with Gasteiger partial charge >= 0.3 is 17.1 Å². The van der Waals surface area contributed by atoms with Crippen LogP contribution in [0.15, 0.2) is 14.4 Å². The first-order chi connectivity index (χ1) is 6.00. The average molecular weight is 189 g/mol. The van der Waals surface area contributed by atoms with Gasteiger partial charge in [-0.25, -0.2) is 19.0 Å². The molecular weight excluding hydrogens is 182 g/mol. The van der Waals surface area contributed by atoms with E-state index in [9.17, 15) is 14.4 Å². The monoisotopic (exact) mass is 189 g/mol. The van der Waals surface area contributed by atoms with Crippen molar-refractivity contribution in [1.29, 1.82) is 0 Å². The van der Waals surface area contributed by atoms with Crippen molar-refractivity contribution in [3.8, 4) is 0 Å². The summed E-state index contributed by atoms with van der Waals surface area (Å²) < 4.78 is 0.464. The first kappa shape index (κ1) is 9.42. The number of nitrogens with zero attached hydrogens (tertiary/aromatic N) is 1. The number of hydrogen-bond acceptors (Lipinski definition) is 5. The molecule has 0 aliphatic carbocycles. The van der Waals surface area contributed by atoms with Crippen LogP contribution in [0.2, 0.25) is 0 Å². The predicted molar refractivity (Wildman–Crippen MR) is 40.2 cm³/mol. The smallest absolute Gasteiger partial charge is 0.333 e. The minimum atomic E-state index is -1.83. The molecule has 0 radical (unpaired) electrons. The number of aromatic nitrogens is 3. The molecule has 0 amide bonds. The zero-order chi connectivity index (χ0) is 10.0. The fourth-order valence-electron chi connectivity index (χ4n) is 0.782. The van der Waals surface area contributed by atoms with E-state index in [1.807, 2.05) is 0 Å². The molecule has 1 aromatic rings. The van der Waals surface area contributed by atoms with Crippen LogP contribution in [0.4, 0.5) is 0 Å². The van der Waals surface area contributed by atoms with Crippen molar-refractivity contribution in [3.05, 3.63) is 31.5 Å². The molecule has 0 spiro atoms. The van der Waals surface area contributed by atoms with Crippen molar-refractivity contribution in [2.45, 2.75) is 12.8 Å². The molecule has 8 nitrogen and oxygen atoms in total. The summed E-state index contributed by atoms with van der Waals surface area (Å²) in [6.45, 7) is -0.592. The Kier molecular flexibility index (Phi) is 2.44. The Balaban J connectivity index is 3.30. The molecule has 0 atom stereocenters. The first-order valence-electron chi connectivity index (χ1n) is 3.30. The largest absolute Gasteiger partial charge is 0.367 e. The third-order valence-corrected chi connectivity index (χ3v) is 1.28. The molecule has 1 rings (SSSR count). The normalized spacial score (nSPS) is 10.7. The SMILES string of the molecule is O=c1[nH]c(=O)n(CC(O)O)c(=O)[nH]1. The van der Waals surface area contributed by atoms with Gasteiger partial charge in [0.15, 0.2) is 6.29 Å². The van der Waals surface area contributed by atoms with E-state index in [2.05, 4.69) is 0 Å². The van der Waals surface area contributed by atoms with Crippen LogP contribution in [0.1, 0.15) is 0 Å². The topological polar surface area (TPSA) is 128 Å². The molecule has 0 fully saturated rings. The van der Waals surface area contributed by atoms with E-state index in [0.717, 1.165) is 0 Å². The third-order valence-electron chi connectivity index (χ3n) is 1.28. The molecule has 0 aliphatic rings. The van der Waals surface area contributed by atoms with Gasteiger partial charge in [-0.3, -0.25) is 9.97 Å². The van der Waals surface area contributed by atoms with E-state index in [-0.39, 0.29) is 0 Å². The van der Waals surface area contributed by atoms with Gasteiger partial charge in [-0.05, 0) is 0 Å². The van der Waals surface area contributed by atoms with Gasteiger partial charge < -0.3 is 10.2 Å². The zero-order valence-corrected chi connectivity index (χ0v) is 6.35. The van der Waals surface area contributed by atoms with E-state index in [4.69, 9.17) is 10.2 Å². The standard InChI is InChI=1S/C5H7N3O5/c9-2(10)1-8-4(12)6-3(11)7-5(8)13/h2,9-10H,1H2,(H2,6,7,11,12,13). The summed E-state index contributed by atoms with van der Waals surface area (Å²) in [6.07, 6.45) is -1.83. The minimum Gasteiger partial charge on any atom is -0.367 e. The number of aliphatic hydroxyl groups excluding tert-OH is 1. The van der Waals surface area contributed by atoms with Crippen LogP contribution in [0.5, 0.6) is 0 Å². The molecule has 0 bridgehead atoms. The first-order valence-corrected chi connectivity index (χ1v) is 3.30. The maximum atomic E-state index is 10.9. The van der Waals surface area contributed by atoms with Crippen molar-refractivity contribution in [2.75, 3.05) is 0 Å². The van der Waals surface area contributed by atoms with Crippen LogP contribution in [0, 0.1) is 0 Å². The molecule has 13 heavy (non-hydrogen) atoms. The van der Waals surface area contributed by atoms with Gasteiger partial charge in [0.2, 0.25) is 0 Å². The number of aromatic amines is 2. The quantitative estimate of drug-likeness (QED) is 0.359. The zero-order valence-electron chi connectivity index (χ0n) is 6.35. The molecule has 0 saturated heterocycles. The van der Waals surface area contributed by atoms with Gasteiger partial charge in [-0.2, -0.15) is 0 Å². The predicted octanol–water partition coefficient (Wildman–Crippen LogP) is -3.46.